The quantitative estimate of drug-likeness (QED) is 0.734. The van der Waals surface area contributed by atoms with Crippen molar-refractivity contribution in [3.05, 3.63) is 65.7 Å². The van der Waals surface area contributed by atoms with E-state index in [4.69, 9.17) is 0 Å². The van der Waals surface area contributed by atoms with E-state index in [2.05, 4.69) is 4.74 Å². The molecule has 1 aliphatic heterocycles. The number of ether oxygens (including phenoxy) is 1. The van der Waals surface area contributed by atoms with Gasteiger partial charge in [0.2, 0.25) is 10.0 Å². The molecule has 6 nitrogen and oxygen atoms in total. The number of carbonyl (C=O) groups is 1. The fraction of sp³-hybridized carbons (Fsp3) is 0.316. The lowest BCUT2D eigenvalue weighted by molar-refractivity contribution is -0.0503. The maximum Gasteiger partial charge on any atom is 0.387 e. The maximum absolute atomic E-state index is 12.7. The summed E-state index contributed by atoms with van der Waals surface area (Å²) in [4.78, 5) is 14.1. The molecule has 0 spiro atoms. The second-order valence-electron chi connectivity index (χ2n) is 6.31. The summed E-state index contributed by atoms with van der Waals surface area (Å²) in [6, 6.07) is 14.7. The summed E-state index contributed by atoms with van der Waals surface area (Å²) in [7, 11) is -3.50. The fourth-order valence-corrected chi connectivity index (χ4v) is 4.57. The van der Waals surface area contributed by atoms with Crippen LogP contribution in [0.5, 0.6) is 5.75 Å². The molecule has 2 aromatic rings. The van der Waals surface area contributed by atoms with Gasteiger partial charge in [0.15, 0.2) is 0 Å². The monoisotopic (exact) mass is 410 g/mol. The van der Waals surface area contributed by atoms with Gasteiger partial charge in [-0.25, -0.2) is 8.42 Å². The van der Waals surface area contributed by atoms with Crippen LogP contribution in [-0.2, 0) is 15.8 Å². The number of hydrogen-bond acceptors (Lipinski definition) is 4. The highest BCUT2D eigenvalue weighted by Crippen LogP contribution is 2.23. The van der Waals surface area contributed by atoms with Gasteiger partial charge in [-0.05, 0) is 17.7 Å². The summed E-state index contributed by atoms with van der Waals surface area (Å²) in [5, 5.41) is 0. The molecule has 0 N–H and O–H groups in total. The lowest BCUT2D eigenvalue weighted by Crippen LogP contribution is -2.50. The molecule has 150 valence electrons. The first-order valence-corrected chi connectivity index (χ1v) is 10.3. The molecule has 0 saturated carbocycles. The number of sulfonamides is 1. The maximum atomic E-state index is 12.7. The second-order valence-corrected chi connectivity index (χ2v) is 8.28. The highest BCUT2D eigenvalue weighted by molar-refractivity contribution is 7.88. The van der Waals surface area contributed by atoms with Crippen LogP contribution in [0.2, 0.25) is 0 Å². The van der Waals surface area contributed by atoms with E-state index in [1.807, 2.05) is 6.07 Å². The predicted octanol–water partition coefficient (Wildman–Crippen LogP) is 2.58. The average Bonchev–Trinajstić information content (AvgIpc) is 2.68. The topological polar surface area (TPSA) is 66.9 Å². The second kappa shape index (κ2) is 8.66. The van der Waals surface area contributed by atoms with E-state index in [0.717, 1.165) is 0 Å². The molecular formula is C19H20F2N2O4S. The number of rotatable bonds is 6. The Morgan fingerprint density at radius 1 is 0.964 bits per heavy atom. The van der Waals surface area contributed by atoms with Crippen LogP contribution in [0.3, 0.4) is 0 Å². The zero-order valence-electron chi connectivity index (χ0n) is 15.0. The number of benzene rings is 2. The SMILES string of the molecule is O=C(c1ccccc1OC(F)F)N1CCN(S(=O)(=O)Cc2ccccc2)CC1. The zero-order valence-corrected chi connectivity index (χ0v) is 15.8. The van der Waals surface area contributed by atoms with Gasteiger partial charge in [-0.2, -0.15) is 13.1 Å². The highest BCUT2D eigenvalue weighted by Gasteiger charge is 2.30. The van der Waals surface area contributed by atoms with Crippen LogP contribution < -0.4 is 4.74 Å². The van der Waals surface area contributed by atoms with E-state index in [1.54, 1.807) is 30.3 Å². The molecule has 2 aromatic carbocycles. The van der Waals surface area contributed by atoms with Crippen molar-refractivity contribution < 1.29 is 26.7 Å². The average molecular weight is 410 g/mol. The van der Waals surface area contributed by atoms with Crippen LogP contribution in [0.15, 0.2) is 54.6 Å². The molecule has 0 aliphatic carbocycles. The Bertz CT molecular complexity index is 915. The van der Waals surface area contributed by atoms with Crippen molar-refractivity contribution in [3.8, 4) is 5.75 Å². The molecule has 1 fully saturated rings. The Labute approximate surface area is 162 Å². The van der Waals surface area contributed by atoms with Gasteiger partial charge in [0.25, 0.3) is 5.91 Å². The molecule has 1 amide bonds. The molecule has 0 radical (unpaired) electrons. The van der Waals surface area contributed by atoms with E-state index >= 15 is 0 Å². The van der Waals surface area contributed by atoms with Gasteiger partial charge in [0, 0.05) is 26.2 Å². The van der Waals surface area contributed by atoms with E-state index in [0.29, 0.717) is 5.56 Å². The normalized spacial score (nSPS) is 15.6. The van der Waals surface area contributed by atoms with Crippen molar-refractivity contribution in [3.63, 3.8) is 0 Å². The van der Waals surface area contributed by atoms with Gasteiger partial charge in [-0.1, -0.05) is 42.5 Å². The molecule has 0 aromatic heterocycles. The van der Waals surface area contributed by atoms with Crippen LogP contribution >= 0.6 is 0 Å². The summed E-state index contributed by atoms with van der Waals surface area (Å²) in [5.74, 6) is -0.759. The third-order valence-electron chi connectivity index (χ3n) is 4.44. The summed E-state index contributed by atoms with van der Waals surface area (Å²) < 4.78 is 56.1. The third kappa shape index (κ3) is 4.85. The highest BCUT2D eigenvalue weighted by atomic mass is 32.2. The van der Waals surface area contributed by atoms with Crippen molar-refractivity contribution in [2.45, 2.75) is 12.4 Å². The minimum absolute atomic E-state index is 0.0309. The van der Waals surface area contributed by atoms with Crippen LogP contribution in [0, 0.1) is 0 Å². The van der Waals surface area contributed by atoms with Crippen LogP contribution in [-0.4, -0.2) is 56.3 Å². The number of nitrogens with zero attached hydrogens (tertiary/aromatic N) is 2. The molecule has 1 aliphatic rings. The predicted molar refractivity (Wildman–Crippen MR) is 99.6 cm³/mol. The van der Waals surface area contributed by atoms with E-state index in [1.165, 1.54) is 27.4 Å². The minimum atomic E-state index is -3.50. The Kier molecular flexibility index (Phi) is 6.25. The number of halogens is 2. The Hall–Kier alpha value is -2.52. The summed E-state index contributed by atoms with van der Waals surface area (Å²) in [6.07, 6.45) is 0. The number of alkyl halides is 2. The lowest BCUT2D eigenvalue weighted by atomic mass is 10.1. The number of amides is 1. The Morgan fingerprint density at radius 3 is 2.21 bits per heavy atom. The number of carbonyl (C=O) groups excluding carboxylic acids is 1. The standard InChI is InChI=1S/C19H20F2N2O4S/c20-19(21)27-17-9-5-4-8-16(17)18(24)22-10-12-23(13-11-22)28(25,26)14-15-6-2-1-3-7-15/h1-9,19H,10-14H2. The first-order chi connectivity index (χ1) is 13.4. The number of hydrogen-bond donors (Lipinski definition) is 0. The van der Waals surface area contributed by atoms with Gasteiger partial charge in [-0.3, -0.25) is 4.79 Å². The van der Waals surface area contributed by atoms with Crippen molar-refractivity contribution >= 4 is 15.9 Å². The largest absolute Gasteiger partial charge is 0.434 e. The smallest absolute Gasteiger partial charge is 0.387 e. The molecule has 0 atom stereocenters. The van der Waals surface area contributed by atoms with Crippen LogP contribution in [0.1, 0.15) is 15.9 Å². The fourth-order valence-electron chi connectivity index (χ4n) is 3.06. The number of para-hydroxylation sites is 1. The van der Waals surface area contributed by atoms with Crippen molar-refractivity contribution in [2.75, 3.05) is 26.2 Å². The van der Waals surface area contributed by atoms with Crippen LogP contribution in [0.25, 0.3) is 0 Å². The molecular weight excluding hydrogens is 390 g/mol. The van der Waals surface area contributed by atoms with E-state index in [9.17, 15) is 22.0 Å². The first kappa shape index (κ1) is 20.2. The summed E-state index contributed by atoms with van der Waals surface area (Å²) >= 11 is 0. The van der Waals surface area contributed by atoms with Gasteiger partial charge in [0.1, 0.15) is 5.75 Å². The zero-order chi connectivity index (χ0) is 20.1. The van der Waals surface area contributed by atoms with Gasteiger partial charge in [-0.15, -0.1) is 0 Å². The van der Waals surface area contributed by atoms with Gasteiger partial charge >= 0.3 is 6.61 Å². The van der Waals surface area contributed by atoms with Crippen molar-refractivity contribution in [1.29, 1.82) is 0 Å². The Morgan fingerprint density at radius 2 is 1.57 bits per heavy atom. The molecule has 28 heavy (non-hydrogen) atoms. The van der Waals surface area contributed by atoms with Crippen LogP contribution in [0.4, 0.5) is 8.78 Å². The minimum Gasteiger partial charge on any atom is -0.434 e. The van der Waals surface area contributed by atoms with Gasteiger partial charge in [0.05, 0.1) is 11.3 Å². The van der Waals surface area contributed by atoms with Gasteiger partial charge < -0.3 is 9.64 Å². The first-order valence-electron chi connectivity index (χ1n) is 8.72. The Balaban J connectivity index is 1.65. The number of piperazine rings is 1. The van der Waals surface area contributed by atoms with Crippen molar-refractivity contribution in [1.82, 2.24) is 9.21 Å². The van der Waals surface area contributed by atoms with E-state index < -0.39 is 22.5 Å². The lowest BCUT2D eigenvalue weighted by Gasteiger charge is -2.34. The summed E-state index contributed by atoms with van der Waals surface area (Å²) in [6.45, 7) is -2.38. The van der Waals surface area contributed by atoms with E-state index in [-0.39, 0.29) is 43.2 Å². The van der Waals surface area contributed by atoms with Crippen molar-refractivity contribution in [2.24, 2.45) is 0 Å². The molecule has 1 saturated heterocycles. The molecule has 1 heterocycles. The molecule has 3 rings (SSSR count). The molecule has 0 unspecified atom stereocenters. The summed E-state index contributed by atoms with van der Waals surface area (Å²) in [5.41, 5.74) is 0.725. The molecule has 9 heteroatoms. The molecule has 0 bridgehead atoms. The third-order valence-corrected chi connectivity index (χ3v) is 6.29.